The van der Waals surface area contributed by atoms with Gasteiger partial charge in [-0.2, -0.15) is 42.0 Å². The van der Waals surface area contributed by atoms with Crippen molar-refractivity contribution < 1.29 is 190 Å². The maximum absolute atomic E-state index is 13.4. The molecule has 11 aromatic carbocycles. The molecule has 7 heterocycles. The molecular formula is C119H103F3Ir6N8O7Pt-6. The molecule has 0 aliphatic rings. The number of anilines is 1. The average Bonchev–Trinajstić information content (AvgIpc) is 0.807. The smallest absolute Gasteiger partial charge is 0.512 e. The van der Waals surface area contributed by atoms with E-state index in [9.17, 15) is 32.7 Å². The molecule has 0 aliphatic heterocycles. The number of allylic oxidation sites excluding steroid dienone is 6. The summed E-state index contributed by atoms with van der Waals surface area (Å²) in [7, 11) is 3.93. The number of aliphatic hydroxyl groups excluding tert-OH is 3. The number of hydrogen-bond acceptors (Lipinski definition) is 15. The predicted molar refractivity (Wildman–Crippen MR) is 544 cm³/mol. The first-order chi connectivity index (χ1) is 66.2. The zero-order valence-corrected chi connectivity index (χ0v) is 96.8. The van der Waals surface area contributed by atoms with E-state index in [1.165, 1.54) is 93.8 Å². The van der Waals surface area contributed by atoms with Gasteiger partial charge in [-0.1, -0.05) is 165 Å². The first-order valence-corrected chi connectivity index (χ1v) is 43.1. The number of aryl methyl sites for hydroxylation is 3. The second kappa shape index (κ2) is 72.6. The summed E-state index contributed by atoms with van der Waals surface area (Å²) >= 11 is 0. The van der Waals surface area contributed by atoms with Crippen LogP contribution in [0.25, 0.3) is 112 Å². The first-order valence-electron chi connectivity index (χ1n) is 43.1. The van der Waals surface area contributed by atoms with Crippen molar-refractivity contribution in [1.82, 2.24) is 34.9 Å². The molecule has 7 aromatic heterocycles. The van der Waals surface area contributed by atoms with Gasteiger partial charge in [0.25, 0.3) is 0 Å². The van der Waals surface area contributed by atoms with E-state index >= 15 is 0 Å². The maximum atomic E-state index is 13.4. The molecule has 0 bridgehead atoms. The van der Waals surface area contributed by atoms with Crippen molar-refractivity contribution in [2.75, 3.05) is 19.0 Å². The number of rotatable bonds is 13. The van der Waals surface area contributed by atoms with E-state index in [2.05, 4.69) is 122 Å². The molecule has 0 spiro atoms. The number of pyridine rings is 7. The number of benzene rings is 11. The molecule has 0 atom stereocenters. The van der Waals surface area contributed by atoms with Crippen LogP contribution in [0.2, 0.25) is 0 Å². The van der Waals surface area contributed by atoms with E-state index in [-0.39, 0.29) is 188 Å². The Bertz CT molecular complexity index is 6640. The molecule has 0 unspecified atom stereocenters. The van der Waals surface area contributed by atoms with Crippen molar-refractivity contribution in [3.05, 3.63) is 501 Å². The van der Waals surface area contributed by atoms with Crippen LogP contribution >= 0.6 is 0 Å². The second-order valence-electron chi connectivity index (χ2n) is 30.2. The van der Waals surface area contributed by atoms with Crippen molar-refractivity contribution in [3.63, 3.8) is 0 Å². The van der Waals surface area contributed by atoms with Crippen LogP contribution in [0.5, 0.6) is 5.75 Å². The molecular weight excluding hydrogens is 3060 g/mol. The number of aromatic nitrogens is 7. The van der Waals surface area contributed by atoms with Crippen molar-refractivity contribution in [1.29, 1.82) is 0 Å². The van der Waals surface area contributed by atoms with Gasteiger partial charge in [0.2, 0.25) is 0 Å². The van der Waals surface area contributed by atoms with Gasteiger partial charge in [0.1, 0.15) is 5.75 Å². The van der Waals surface area contributed by atoms with E-state index in [4.69, 9.17) is 15.3 Å². The zero-order chi connectivity index (χ0) is 98.5. The third kappa shape index (κ3) is 49.1. The van der Waals surface area contributed by atoms with Gasteiger partial charge >= 0.3 is 21.1 Å². The molecule has 25 heteroatoms. The Balaban J connectivity index is 0.000000797. The van der Waals surface area contributed by atoms with Crippen molar-refractivity contribution >= 4 is 33.8 Å². The molecule has 752 valence electrons. The number of halogens is 3. The Morgan fingerprint density at radius 3 is 1.22 bits per heavy atom. The summed E-state index contributed by atoms with van der Waals surface area (Å²) < 4.78 is 38.8. The van der Waals surface area contributed by atoms with E-state index in [0.717, 1.165) is 113 Å². The normalized spacial score (nSPS) is 9.81. The van der Waals surface area contributed by atoms with Crippen LogP contribution in [-0.4, -0.2) is 86.8 Å². The van der Waals surface area contributed by atoms with Gasteiger partial charge in [-0.05, 0) is 147 Å². The summed E-state index contributed by atoms with van der Waals surface area (Å²) in [6.45, 7) is 14.6. The standard InChI is InChI=1S/C17H11N.C15H10N.C13H12FN2.C12H8F2N.2C12H10N.C12H10O.C11H8N.3C5H8O2.6Ir.Pt/c1-2-7-14(8-3-1)15-9-6-10-16(13-15)17-11-4-5-12-18-17;1-2-7-13(8-3-1)15-14-9-5-4-6-12(14)10-11-16-15;1-16(2)12-7-8-15-13(9-12)10-3-5-11(14)6-4-10;1-8-4-5-15-12(6-8)10-3-2-9(13)7-11(10)14;1-10-5-4-6-11(9-10)12-7-2-3-8-13-12;1-10-5-7-11(8-6-10)12-4-2-3-9-13-12;13-12-9-5-4-8-11(12)10-6-2-1-3-7-10;1-2-6-10(7-3-1)11-8-4-5-9-12-11;3*1-4(6)3-5(2)7;;;;;;;/h1-7,9-12H;1-7,9-11H;3,5-9H,1-2H3;2,4-7H,1H3;2-5,7-9H,1H3;2-7,9H,1H3;1-9,13H;1-6,8-9H;3*3,6H,1-2H3;;;;;;;/q-2;5*-1;;-1;;;;;;;;;;+2. The molecule has 0 amide bonds. The number of phenols is 1. The number of para-hydroxylation sites is 1. The average molecular weight is 3160 g/mol. The minimum atomic E-state index is -0.645. The molecule has 18 rings (SSSR count). The van der Waals surface area contributed by atoms with Crippen LogP contribution in [0.4, 0.5) is 18.9 Å². The van der Waals surface area contributed by atoms with Crippen LogP contribution in [0, 0.1) is 86.8 Å². The number of fused-ring (bicyclic) bond motifs is 1. The van der Waals surface area contributed by atoms with Crippen molar-refractivity contribution in [2.24, 2.45) is 0 Å². The Labute approximate surface area is 938 Å². The third-order valence-electron chi connectivity index (χ3n) is 18.4. The van der Waals surface area contributed by atoms with Gasteiger partial charge < -0.3 is 55.2 Å². The molecule has 15 nitrogen and oxygen atoms in total. The summed E-state index contributed by atoms with van der Waals surface area (Å²) in [5.41, 5.74) is 20.8. The van der Waals surface area contributed by atoms with E-state index in [1.54, 1.807) is 55.4 Å². The van der Waals surface area contributed by atoms with Crippen LogP contribution in [0.15, 0.2) is 419 Å². The molecule has 144 heavy (non-hydrogen) atoms. The predicted octanol–water partition coefficient (Wildman–Crippen LogP) is 28.0. The van der Waals surface area contributed by atoms with E-state index in [1.807, 2.05) is 305 Å². The number of carbonyl (C=O) groups is 3. The third-order valence-corrected chi connectivity index (χ3v) is 18.4. The Morgan fingerprint density at radius 1 is 0.319 bits per heavy atom. The van der Waals surface area contributed by atoms with Gasteiger partial charge in [0.05, 0.1) is 17.3 Å². The fraction of sp³-hybridized carbons (Fsp3) is 0.0924. The Hall–Kier alpha value is -12.7. The minimum Gasteiger partial charge on any atom is -0.512 e. The van der Waals surface area contributed by atoms with Gasteiger partial charge in [0.15, 0.2) is 17.3 Å². The summed E-state index contributed by atoms with van der Waals surface area (Å²) in [6, 6.07) is 131. The second-order valence-corrected chi connectivity index (χ2v) is 30.2. The largest absolute Gasteiger partial charge is 2.00 e. The molecule has 0 fully saturated rings. The van der Waals surface area contributed by atoms with Crippen molar-refractivity contribution in [3.8, 4) is 107 Å². The first kappa shape index (κ1) is 129. The quantitative estimate of drug-likeness (QED) is 0.0478. The number of aromatic hydroxyl groups is 1. The fourth-order valence-electron chi connectivity index (χ4n) is 12.2. The minimum absolute atomic E-state index is 0. The molecule has 4 N–H and O–H groups in total. The topological polar surface area (TPSA) is 226 Å². The number of hydrogen-bond donors (Lipinski definition) is 4. The molecule has 0 saturated carbocycles. The summed E-state index contributed by atoms with van der Waals surface area (Å²) in [5, 5.41) is 37.0. The number of ketones is 3. The van der Waals surface area contributed by atoms with Gasteiger partial charge in [-0.3, -0.25) is 32.5 Å². The van der Waals surface area contributed by atoms with Gasteiger partial charge in [-0.15, -0.1) is 208 Å². The monoisotopic (exact) mass is 3170 g/mol. The van der Waals surface area contributed by atoms with Crippen LogP contribution in [-0.2, 0) is 156 Å². The number of nitrogens with zero attached hydrogens (tertiary/aromatic N) is 8. The SMILES string of the molecule is CC(=O)C=C(C)O.CC(=O)C=C(C)O.CC(=O)C=C(C)O.CN(C)c1ccnc(-c2[c-]cc(F)cc2)c1.Cc1c[c-]c(-c2ccccn2)cc1.Cc1cc[c-]c(-c2ccccn2)c1.Cc1ccnc(-c2[c-]cc(F)cc2F)c1.Oc1ccccc1-c1ccccc1.[Ir].[Ir].[Ir].[Ir].[Ir].[Ir].[Pt+2].[c-]1ccccc1-c1[c-]c(-c2ccccn2)ccc1.[c-]1ccccc1-c1ccccn1.[c-]1ccccc1-c1nccc2ccccc12. The summed E-state index contributed by atoms with van der Waals surface area (Å²) in [5.74, 6) is -1.43. The molecule has 0 saturated heterocycles. The maximum Gasteiger partial charge on any atom is 2.00 e. The number of phenolic OH excluding ortho intramolecular Hbond substituents is 1. The Morgan fingerprint density at radius 2 is 0.743 bits per heavy atom. The van der Waals surface area contributed by atoms with Crippen molar-refractivity contribution in [2.45, 2.75) is 62.3 Å². The van der Waals surface area contributed by atoms with E-state index in [0.29, 0.717) is 11.4 Å². The summed E-state index contributed by atoms with van der Waals surface area (Å²) in [4.78, 5) is 61.8. The molecule has 18 aromatic rings. The van der Waals surface area contributed by atoms with Crippen LogP contribution in [0.3, 0.4) is 0 Å². The van der Waals surface area contributed by atoms with Crippen LogP contribution in [0.1, 0.15) is 58.2 Å². The fourth-order valence-corrected chi connectivity index (χ4v) is 12.2. The molecule has 0 aliphatic carbocycles. The zero-order valence-electron chi connectivity index (χ0n) is 80.1. The van der Waals surface area contributed by atoms with Crippen LogP contribution < -0.4 is 4.90 Å². The number of aliphatic hydroxyl groups is 3. The Kier molecular flexibility index (Phi) is 65.2. The van der Waals surface area contributed by atoms with Gasteiger partial charge in [0, 0.05) is 231 Å². The molecule has 6 radical (unpaired) electrons. The number of carbonyl (C=O) groups excluding carboxylic acids is 3. The summed E-state index contributed by atoms with van der Waals surface area (Å²) in [6.07, 6.45) is 15.8. The van der Waals surface area contributed by atoms with Gasteiger partial charge in [-0.25, -0.2) is 5.56 Å². The van der Waals surface area contributed by atoms with E-state index < -0.39 is 11.6 Å².